The number of carbonyl (C=O) groups is 2. The molecular weight excluding hydrogens is 829 g/mol. The van der Waals surface area contributed by atoms with Gasteiger partial charge in [0.1, 0.15) is 34.7 Å². The molecule has 0 radical (unpaired) electrons. The lowest BCUT2D eigenvalue weighted by atomic mass is 9.91. The average Bonchev–Trinajstić information content (AvgIpc) is 3.81. The summed E-state index contributed by atoms with van der Waals surface area (Å²) in [5.41, 5.74) is 10.4. The molecule has 1 saturated carbocycles. The molecule has 7 heterocycles. The number of para-hydroxylation sites is 1. The van der Waals surface area contributed by atoms with Crippen molar-refractivity contribution < 1.29 is 24.3 Å². The van der Waals surface area contributed by atoms with Gasteiger partial charge in [0.15, 0.2) is 0 Å². The van der Waals surface area contributed by atoms with Gasteiger partial charge in [-0.1, -0.05) is 55.4 Å². The van der Waals surface area contributed by atoms with Crippen LogP contribution in [0.3, 0.4) is 0 Å². The maximum Gasteiger partial charge on any atom is 0.243 e. The fraction of sp³-hybridized carbons (Fsp3) is 0.375. The van der Waals surface area contributed by atoms with Gasteiger partial charge in [-0.15, -0.1) is 21.5 Å². The van der Waals surface area contributed by atoms with E-state index < -0.39 is 18.1 Å². The summed E-state index contributed by atoms with van der Waals surface area (Å²) >= 11 is 1.59. The highest BCUT2D eigenvalue weighted by Crippen LogP contribution is 2.44. The molecule has 3 N–H and O–H groups in total. The highest BCUT2D eigenvalue weighted by Gasteiger charge is 2.44. The summed E-state index contributed by atoms with van der Waals surface area (Å²) in [5.74, 6) is -0.132. The number of likely N-dealkylation sites (tertiary alicyclic amines) is 1. The minimum Gasteiger partial charge on any atom is -0.507 e. The van der Waals surface area contributed by atoms with Crippen LogP contribution in [-0.4, -0.2) is 93.6 Å². The van der Waals surface area contributed by atoms with Crippen LogP contribution in [0, 0.1) is 12.8 Å². The van der Waals surface area contributed by atoms with E-state index in [1.807, 2.05) is 75.7 Å². The molecule has 3 fully saturated rings. The molecule has 2 aromatic carbocycles. The third kappa shape index (κ3) is 7.89. The van der Waals surface area contributed by atoms with Gasteiger partial charge >= 0.3 is 0 Å². The van der Waals surface area contributed by atoms with Crippen LogP contribution in [0.5, 0.6) is 5.75 Å². The van der Waals surface area contributed by atoms with E-state index in [0.717, 1.165) is 65.1 Å². The molecule has 3 aliphatic rings. The summed E-state index contributed by atoms with van der Waals surface area (Å²) in [6, 6.07) is 20.5. The number of rotatable bonds is 12. The molecule has 2 saturated heterocycles. The smallest absolute Gasteiger partial charge is 0.243 e. The van der Waals surface area contributed by atoms with Crippen molar-refractivity contribution >= 4 is 40.1 Å². The molecular formula is C48H50N10O5S. The SMILES string of the molecule is Cc1ncsc1-c1ccc([C@H](C)NC(=O)[C@@H]2C[C@@H](O)CN2C(=O)[C@@H](c2cc(-c3cnc(N4CC[C@H](c5cc6nnc(-c7ccccc7O)cc6n5C5CC5)C4)nc3)no2)C(C)C)cc1. The molecule has 0 unspecified atom stereocenters. The van der Waals surface area contributed by atoms with E-state index >= 15 is 0 Å². The Kier molecular flexibility index (Phi) is 10.9. The first-order valence-electron chi connectivity index (χ1n) is 22.0. The van der Waals surface area contributed by atoms with Gasteiger partial charge in [0.25, 0.3) is 0 Å². The number of carbonyl (C=O) groups excluding carboxylic acids is 2. The van der Waals surface area contributed by atoms with Crippen molar-refractivity contribution in [2.75, 3.05) is 24.5 Å². The first-order valence-corrected chi connectivity index (χ1v) is 22.9. The summed E-state index contributed by atoms with van der Waals surface area (Å²) in [4.78, 5) is 46.8. The number of benzene rings is 2. The van der Waals surface area contributed by atoms with E-state index in [9.17, 15) is 19.8 Å². The summed E-state index contributed by atoms with van der Waals surface area (Å²) in [6.45, 7) is 9.34. The number of aliphatic hydroxyl groups is 1. The van der Waals surface area contributed by atoms with Crippen molar-refractivity contribution in [2.45, 2.75) is 89.4 Å². The molecule has 2 aliphatic heterocycles. The predicted molar refractivity (Wildman–Crippen MR) is 243 cm³/mol. The molecule has 64 heavy (non-hydrogen) atoms. The van der Waals surface area contributed by atoms with Gasteiger partial charge in [-0.2, -0.15) is 0 Å². The zero-order valence-corrected chi connectivity index (χ0v) is 36.9. The number of nitrogens with one attached hydrogen (secondary N) is 1. The Labute approximate surface area is 374 Å². The molecule has 1 aliphatic carbocycles. The number of aromatic nitrogens is 7. The second-order valence-electron chi connectivity index (χ2n) is 17.7. The van der Waals surface area contributed by atoms with E-state index in [4.69, 9.17) is 14.5 Å². The lowest BCUT2D eigenvalue weighted by molar-refractivity contribution is -0.141. The van der Waals surface area contributed by atoms with E-state index in [1.54, 1.807) is 41.9 Å². The summed E-state index contributed by atoms with van der Waals surface area (Å²) in [5, 5.41) is 37.7. The van der Waals surface area contributed by atoms with Crippen molar-refractivity contribution in [1.29, 1.82) is 0 Å². The van der Waals surface area contributed by atoms with Gasteiger partial charge in [0.2, 0.25) is 17.8 Å². The van der Waals surface area contributed by atoms with Gasteiger partial charge < -0.3 is 34.4 Å². The Balaban J connectivity index is 0.807. The van der Waals surface area contributed by atoms with E-state index in [1.165, 1.54) is 10.6 Å². The molecule has 5 atom stereocenters. The van der Waals surface area contributed by atoms with Gasteiger partial charge in [0, 0.05) is 73.3 Å². The molecule has 0 spiro atoms. The standard InChI is InChI=1S/C48H50N10O5S/c1-26(2)44(47(62)57-24-34(59)17-41(57)46(61)52-27(3)29-9-11-30(12-10-29)45-28(4)51-25-64-45)43-20-36(55-63-43)32-21-49-48(50-22-32)56-16-15-31(23-56)39-19-38-40(58(39)33-13-14-33)18-37(53-54-38)35-7-5-6-8-42(35)60/h5-12,18-22,25-27,31,33-34,41,44,59-60H,13-17,23-24H2,1-4H3,(H,52,61)/t27-,31-,34+,41-,44+/m0/s1. The van der Waals surface area contributed by atoms with E-state index in [-0.39, 0.29) is 48.4 Å². The zero-order valence-electron chi connectivity index (χ0n) is 36.1. The number of phenolic OH excluding ortho intramolecular Hbond substituents is 1. The lowest BCUT2D eigenvalue weighted by Crippen LogP contribution is -2.48. The Morgan fingerprint density at radius 1 is 0.906 bits per heavy atom. The minimum absolute atomic E-state index is 0.0442. The third-order valence-electron chi connectivity index (χ3n) is 12.9. The van der Waals surface area contributed by atoms with E-state index in [0.29, 0.717) is 40.3 Å². The molecule has 7 aromatic rings. The summed E-state index contributed by atoms with van der Waals surface area (Å²) in [7, 11) is 0. The Morgan fingerprint density at radius 3 is 2.41 bits per heavy atom. The number of hydrogen-bond donors (Lipinski definition) is 3. The highest BCUT2D eigenvalue weighted by atomic mass is 32.1. The second kappa shape index (κ2) is 16.9. The van der Waals surface area contributed by atoms with Crippen molar-refractivity contribution in [2.24, 2.45) is 5.92 Å². The number of thiazole rings is 1. The fourth-order valence-electron chi connectivity index (χ4n) is 9.40. The molecule has 5 aromatic heterocycles. The number of anilines is 1. The number of fused-ring (bicyclic) bond motifs is 1. The first-order chi connectivity index (χ1) is 31.0. The quantitative estimate of drug-likeness (QED) is 0.109. The number of aliphatic hydroxyl groups excluding tert-OH is 1. The van der Waals surface area contributed by atoms with Crippen LogP contribution in [-0.2, 0) is 9.59 Å². The van der Waals surface area contributed by atoms with Crippen LogP contribution in [0.2, 0.25) is 0 Å². The molecule has 10 rings (SSSR count). The summed E-state index contributed by atoms with van der Waals surface area (Å²) < 4.78 is 8.28. The normalized spacial score (nSPS) is 19.8. The van der Waals surface area contributed by atoms with Crippen molar-refractivity contribution in [3.05, 3.63) is 107 Å². The number of phenols is 1. The van der Waals surface area contributed by atoms with Crippen LogP contribution >= 0.6 is 11.3 Å². The third-order valence-corrected chi connectivity index (χ3v) is 13.9. The zero-order chi connectivity index (χ0) is 44.2. The summed E-state index contributed by atoms with van der Waals surface area (Å²) in [6.07, 6.45) is 5.93. The second-order valence-corrected chi connectivity index (χ2v) is 18.6. The van der Waals surface area contributed by atoms with Gasteiger partial charge in [-0.25, -0.2) is 15.0 Å². The van der Waals surface area contributed by atoms with Crippen LogP contribution < -0.4 is 10.2 Å². The Morgan fingerprint density at radius 2 is 1.69 bits per heavy atom. The van der Waals surface area contributed by atoms with Crippen molar-refractivity contribution in [3.8, 4) is 38.7 Å². The Bertz CT molecular complexity index is 2830. The van der Waals surface area contributed by atoms with E-state index in [2.05, 4.69) is 41.2 Å². The average molecular weight is 879 g/mol. The molecule has 2 amide bonds. The number of aryl methyl sites for hydroxylation is 1. The molecule has 15 nitrogen and oxygen atoms in total. The van der Waals surface area contributed by atoms with Gasteiger partial charge in [-0.05, 0) is 74.4 Å². The highest BCUT2D eigenvalue weighted by molar-refractivity contribution is 7.13. The molecule has 0 bridgehead atoms. The van der Waals surface area contributed by atoms with Crippen LogP contribution in [0.15, 0.2) is 89.2 Å². The number of amides is 2. The fourth-order valence-corrected chi connectivity index (χ4v) is 10.2. The number of β-amino-alcohol motifs (C(OH)–C–C–N with tert-alkyl or cyclic N) is 1. The number of aromatic hydroxyl groups is 1. The van der Waals surface area contributed by atoms with Gasteiger partial charge in [0.05, 0.1) is 39.4 Å². The minimum atomic E-state index is -0.840. The lowest BCUT2D eigenvalue weighted by Gasteiger charge is -2.29. The maximum absolute atomic E-state index is 14.3. The number of nitrogens with zero attached hydrogens (tertiary/aromatic N) is 9. The van der Waals surface area contributed by atoms with Crippen LogP contribution in [0.25, 0.3) is 44.0 Å². The van der Waals surface area contributed by atoms with Crippen LogP contribution in [0.4, 0.5) is 5.95 Å². The largest absolute Gasteiger partial charge is 0.507 e. The maximum atomic E-state index is 14.3. The Hall–Kier alpha value is -6.52. The number of hydrogen-bond acceptors (Lipinski definition) is 13. The predicted octanol–water partition coefficient (Wildman–Crippen LogP) is 7.59. The molecule has 328 valence electrons. The van der Waals surface area contributed by atoms with Crippen molar-refractivity contribution in [3.63, 3.8) is 0 Å². The monoisotopic (exact) mass is 878 g/mol. The topological polar surface area (TPSA) is 189 Å². The van der Waals surface area contributed by atoms with Gasteiger partial charge in [-0.3, -0.25) is 9.59 Å². The molecule has 16 heteroatoms. The first kappa shape index (κ1) is 41.5. The van der Waals surface area contributed by atoms with Crippen LogP contribution in [0.1, 0.15) is 93.1 Å². The van der Waals surface area contributed by atoms with Crippen molar-refractivity contribution in [1.82, 2.24) is 45.1 Å².